The number of nitriles is 1. The quantitative estimate of drug-likeness (QED) is 0.725. The number of aryl methyl sites for hydroxylation is 1. The summed E-state index contributed by atoms with van der Waals surface area (Å²) in [5, 5.41) is 13.2. The molecular formula is C18H19N7O. The van der Waals surface area contributed by atoms with Crippen molar-refractivity contribution in [1.29, 1.82) is 5.26 Å². The maximum absolute atomic E-state index is 12.8. The van der Waals surface area contributed by atoms with E-state index in [4.69, 9.17) is 5.26 Å². The lowest BCUT2D eigenvalue weighted by Crippen LogP contribution is -2.39. The van der Waals surface area contributed by atoms with Crippen LogP contribution in [0.15, 0.2) is 30.6 Å². The molecule has 1 fully saturated rings. The van der Waals surface area contributed by atoms with E-state index in [0.29, 0.717) is 18.9 Å². The van der Waals surface area contributed by atoms with Crippen molar-refractivity contribution in [1.82, 2.24) is 29.5 Å². The van der Waals surface area contributed by atoms with E-state index < -0.39 is 0 Å². The molecule has 3 heterocycles. The summed E-state index contributed by atoms with van der Waals surface area (Å²) in [6, 6.07) is 5.88. The zero-order chi connectivity index (χ0) is 18.3. The second-order valence-electron chi connectivity index (χ2n) is 6.62. The van der Waals surface area contributed by atoms with E-state index in [9.17, 15) is 4.79 Å². The Morgan fingerprint density at radius 2 is 2.27 bits per heavy atom. The number of rotatable bonds is 3. The number of hydrogen-bond acceptors (Lipinski definition) is 5. The first-order valence-corrected chi connectivity index (χ1v) is 8.46. The van der Waals surface area contributed by atoms with Gasteiger partial charge < -0.3 is 14.8 Å². The van der Waals surface area contributed by atoms with Crippen LogP contribution in [-0.2, 0) is 7.05 Å². The molecule has 0 spiro atoms. The van der Waals surface area contributed by atoms with Crippen LogP contribution in [0.25, 0.3) is 22.2 Å². The largest absolute Gasteiger partial charge is 0.334 e. The summed E-state index contributed by atoms with van der Waals surface area (Å²) < 4.78 is 1.75. The van der Waals surface area contributed by atoms with Crippen LogP contribution in [0, 0.1) is 11.5 Å². The molecule has 3 aromatic rings. The van der Waals surface area contributed by atoms with Gasteiger partial charge in [-0.1, -0.05) is 6.07 Å². The summed E-state index contributed by atoms with van der Waals surface area (Å²) in [7, 11) is 3.64. The number of carbonyl (C=O) groups is 1. The van der Waals surface area contributed by atoms with Crippen LogP contribution >= 0.6 is 0 Å². The van der Waals surface area contributed by atoms with E-state index >= 15 is 0 Å². The van der Waals surface area contributed by atoms with Gasteiger partial charge in [0.25, 0.3) is 5.91 Å². The molecule has 0 saturated carbocycles. The third-order valence-corrected chi connectivity index (χ3v) is 4.90. The summed E-state index contributed by atoms with van der Waals surface area (Å²) in [6.45, 7) is 1.26. The number of amides is 1. The zero-order valence-electron chi connectivity index (χ0n) is 14.7. The molecule has 132 valence electrons. The van der Waals surface area contributed by atoms with Crippen LogP contribution in [0.5, 0.6) is 0 Å². The number of benzene rings is 1. The molecule has 0 unspecified atom stereocenters. The van der Waals surface area contributed by atoms with Gasteiger partial charge in [0, 0.05) is 38.9 Å². The number of likely N-dealkylation sites (N-methyl/N-ethyl adjacent to an activating group) is 1. The van der Waals surface area contributed by atoms with Crippen molar-refractivity contribution in [3.63, 3.8) is 0 Å². The zero-order valence-corrected chi connectivity index (χ0v) is 14.7. The van der Waals surface area contributed by atoms with Crippen molar-refractivity contribution in [2.75, 3.05) is 20.1 Å². The summed E-state index contributed by atoms with van der Waals surface area (Å²) >= 11 is 0. The Morgan fingerprint density at radius 1 is 1.42 bits per heavy atom. The van der Waals surface area contributed by atoms with Crippen molar-refractivity contribution < 1.29 is 4.79 Å². The molecule has 8 nitrogen and oxygen atoms in total. The van der Waals surface area contributed by atoms with Crippen LogP contribution in [0.2, 0.25) is 0 Å². The highest BCUT2D eigenvalue weighted by Crippen LogP contribution is 2.23. The Hall–Kier alpha value is -3.34. The molecule has 4 rings (SSSR count). The minimum atomic E-state index is -0.158. The van der Waals surface area contributed by atoms with E-state index in [1.165, 1.54) is 0 Å². The van der Waals surface area contributed by atoms with Gasteiger partial charge in [-0.05, 0) is 24.1 Å². The smallest absolute Gasteiger partial charge is 0.289 e. The lowest BCUT2D eigenvalue weighted by atomic mass is 10.1. The maximum Gasteiger partial charge on any atom is 0.289 e. The fourth-order valence-corrected chi connectivity index (χ4v) is 3.34. The van der Waals surface area contributed by atoms with Gasteiger partial charge in [0.15, 0.2) is 12.0 Å². The third-order valence-electron chi connectivity index (χ3n) is 4.90. The molecule has 8 heteroatoms. The van der Waals surface area contributed by atoms with Crippen LogP contribution in [-0.4, -0.2) is 61.6 Å². The van der Waals surface area contributed by atoms with E-state index in [0.717, 1.165) is 28.6 Å². The molecule has 1 N–H and O–H groups in total. The predicted octanol–water partition coefficient (Wildman–Crippen LogP) is 1.59. The van der Waals surface area contributed by atoms with Crippen molar-refractivity contribution in [2.45, 2.75) is 12.5 Å². The number of fused-ring (bicyclic) bond motifs is 1. The number of aromatic amines is 1. The highest BCUT2D eigenvalue weighted by Gasteiger charge is 2.29. The molecule has 1 saturated heterocycles. The van der Waals surface area contributed by atoms with Crippen molar-refractivity contribution in [3.8, 4) is 17.3 Å². The third kappa shape index (κ3) is 2.77. The number of H-pyrrole nitrogens is 1. The average Bonchev–Trinajstić information content (AvgIpc) is 3.38. The molecule has 2 aromatic heterocycles. The first-order chi connectivity index (χ1) is 12.5. The molecule has 1 atom stereocenters. The normalized spacial score (nSPS) is 16.8. The lowest BCUT2D eigenvalue weighted by molar-refractivity contribution is 0.0728. The summed E-state index contributed by atoms with van der Waals surface area (Å²) in [5.74, 6) is 0.162. The van der Waals surface area contributed by atoms with Gasteiger partial charge in [0.05, 0.1) is 23.3 Å². The molecular weight excluding hydrogens is 330 g/mol. The molecule has 1 aliphatic heterocycles. The number of likely N-dealkylation sites (tertiary alicyclic amines) is 1. The minimum Gasteiger partial charge on any atom is -0.334 e. The Kier molecular flexibility index (Phi) is 3.84. The van der Waals surface area contributed by atoms with E-state index in [-0.39, 0.29) is 11.9 Å². The number of imidazole rings is 1. The maximum atomic E-state index is 12.8. The van der Waals surface area contributed by atoms with E-state index in [1.54, 1.807) is 27.7 Å². The predicted molar refractivity (Wildman–Crippen MR) is 96.0 cm³/mol. The van der Waals surface area contributed by atoms with Crippen molar-refractivity contribution in [3.05, 3.63) is 36.4 Å². The Morgan fingerprint density at radius 3 is 2.96 bits per heavy atom. The second kappa shape index (κ2) is 6.19. The summed E-state index contributed by atoms with van der Waals surface area (Å²) in [4.78, 5) is 23.7. The number of hydrogen-bond donors (Lipinski definition) is 1. The molecule has 26 heavy (non-hydrogen) atoms. The minimum absolute atomic E-state index is 0.0290. The Balaban J connectivity index is 1.59. The Labute approximate surface area is 150 Å². The number of aromatic nitrogens is 4. The van der Waals surface area contributed by atoms with Crippen LogP contribution in [0.3, 0.4) is 0 Å². The standard InChI is InChI=1S/C18H19N7O/c1-23-9-13(8-20-23)12-3-4-15-16(7-12)22-17(21-15)18(26)24(2)14-5-6-25(10-14)11-19/h3-4,7-9,14H,5-6,10H2,1-2H3,(H,21,22)/t14-/m1/s1. The van der Waals surface area contributed by atoms with Crippen LogP contribution < -0.4 is 0 Å². The van der Waals surface area contributed by atoms with Gasteiger partial charge in [-0.15, -0.1) is 0 Å². The van der Waals surface area contributed by atoms with Gasteiger partial charge in [-0.3, -0.25) is 9.48 Å². The fraction of sp³-hybridized carbons (Fsp3) is 0.333. The van der Waals surface area contributed by atoms with Gasteiger partial charge in [0.1, 0.15) is 0 Å². The highest BCUT2D eigenvalue weighted by molar-refractivity contribution is 5.95. The monoisotopic (exact) mass is 349 g/mol. The van der Waals surface area contributed by atoms with Gasteiger partial charge in [0.2, 0.25) is 0 Å². The van der Waals surface area contributed by atoms with Crippen molar-refractivity contribution >= 4 is 16.9 Å². The molecule has 1 aliphatic rings. The first-order valence-electron chi connectivity index (χ1n) is 8.46. The van der Waals surface area contributed by atoms with Crippen LogP contribution in [0.1, 0.15) is 17.0 Å². The first kappa shape index (κ1) is 16.1. The number of nitrogens with zero attached hydrogens (tertiary/aromatic N) is 6. The lowest BCUT2D eigenvalue weighted by Gasteiger charge is -2.22. The van der Waals surface area contributed by atoms with E-state index in [1.807, 2.05) is 31.4 Å². The number of carbonyl (C=O) groups excluding carboxylic acids is 1. The summed E-state index contributed by atoms with van der Waals surface area (Å²) in [6.07, 6.45) is 6.68. The average molecular weight is 349 g/mol. The SMILES string of the molecule is CN(C(=O)c1nc2ccc(-c3cnn(C)c3)cc2[nH]1)[C@@H]1CCN(C#N)C1. The van der Waals surface area contributed by atoms with E-state index in [2.05, 4.69) is 21.3 Å². The molecule has 1 aromatic carbocycles. The van der Waals surface area contributed by atoms with Gasteiger partial charge >= 0.3 is 0 Å². The molecule has 0 bridgehead atoms. The van der Waals surface area contributed by atoms with Crippen molar-refractivity contribution in [2.24, 2.45) is 7.05 Å². The second-order valence-corrected chi connectivity index (χ2v) is 6.62. The Bertz CT molecular complexity index is 1010. The molecule has 1 amide bonds. The highest BCUT2D eigenvalue weighted by atomic mass is 16.2. The number of nitrogens with one attached hydrogen (secondary N) is 1. The molecule has 0 radical (unpaired) electrons. The summed E-state index contributed by atoms with van der Waals surface area (Å²) in [5.41, 5.74) is 3.59. The van der Waals surface area contributed by atoms with Gasteiger partial charge in [-0.2, -0.15) is 10.4 Å². The molecule has 0 aliphatic carbocycles. The topological polar surface area (TPSA) is 93.8 Å². The fourth-order valence-electron chi connectivity index (χ4n) is 3.34. The van der Waals surface area contributed by atoms with Gasteiger partial charge in [-0.25, -0.2) is 4.98 Å². The van der Waals surface area contributed by atoms with Crippen LogP contribution in [0.4, 0.5) is 0 Å².